The summed E-state index contributed by atoms with van der Waals surface area (Å²) in [4.78, 5) is 16.7. The molecule has 5 atom stereocenters. The Hall–Kier alpha value is -1.15. The normalized spacial score (nSPS) is 47.5. The minimum absolute atomic E-state index is 0.0166. The fraction of sp³-hybridized carbons (Fsp3) is 0.741. The quantitative estimate of drug-likeness (QED) is 0.650. The molecule has 1 aromatic carbocycles. The number of fused-ring (bicyclic) bond motifs is 3. The van der Waals surface area contributed by atoms with Crippen molar-refractivity contribution in [1.82, 2.24) is 4.90 Å². The molecule has 8 rings (SSSR count). The second-order valence-electron chi connectivity index (χ2n) is 11.8. The van der Waals surface area contributed by atoms with Crippen molar-refractivity contribution in [1.29, 1.82) is 0 Å². The Morgan fingerprint density at radius 1 is 1.03 bits per heavy atom. The average Bonchev–Trinajstić information content (AvgIpc) is 2.74. The van der Waals surface area contributed by atoms with E-state index in [1.54, 1.807) is 0 Å². The SMILES string of the molecule is CC[C@]12CC3CC(C(=O)C[C@H]4CN5CCC4CC5)(C1)C[C@@](c1ccccc1)(C3)C2. The monoisotopic (exact) mass is 391 g/mol. The summed E-state index contributed by atoms with van der Waals surface area (Å²) in [7, 11) is 0. The van der Waals surface area contributed by atoms with E-state index < -0.39 is 0 Å². The van der Waals surface area contributed by atoms with Crippen LogP contribution in [0.25, 0.3) is 0 Å². The van der Waals surface area contributed by atoms with Crippen LogP contribution in [0.2, 0.25) is 0 Å². The fourth-order valence-corrected chi connectivity index (χ4v) is 9.23. The molecular weight excluding hydrogens is 354 g/mol. The second-order valence-corrected chi connectivity index (χ2v) is 11.8. The average molecular weight is 392 g/mol. The van der Waals surface area contributed by atoms with Crippen LogP contribution in [0.4, 0.5) is 0 Å². The molecule has 0 amide bonds. The second kappa shape index (κ2) is 6.42. The first kappa shape index (κ1) is 18.6. The van der Waals surface area contributed by atoms with Crippen LogP contribution in [0.1, 0.15) is 76.7 Å². The molecule has 0 N–H and O–H groups in total. The Bertz CT molecular complexity index is 796. The Morgan fingerprint density at radius 2 is 1.83 bits per heavy atom. The van der Waals surface area contributed by atoms with E-state index in [1.165, 1.54) is 76.6 Å². The Morgan fingerprint density at radius 3 is 2.52 bits per heavy atom. The molecule has 0 spiro atoms. The first-order valence-electron chi connectivity index (χ1n) is 12.4. The Balaban J connectivity index is 1.33. The number of hydrogen-bond acceptors (Lipinski definition) is 2. The number of hydrogen-bond donors (Lipinski definition) is 0. The smallest absolute Gasteiger partial charge is 0.139 e. The van der Waals surface area contributed by atoms with Crippen LogP contribution < -0.4 is 0 Å². The van der Waals surface area contributed by atoms with Crippen molar-refractivity contribution in [2.45, 2.75) is 76.5 Å². The number of nitrogens with zero attached hydrogens (tertiary/aromatic N) is 1. The lowest BCUT2D eigenvalue weighted by atomic mass is 9.37. The largest absolute Gasteiger partial charge is 0.303 e. The lowest BCUT2D eigenvalue weighted by molar-refractivity contribution is -0.163. The summed E-state index contributed by atoms with van der Waals surface area (Å²) in [5, 5.41) is 0. The van der Waals surface area contributed by atoms with Gasteiger partial charge in [-0.25, -0.2) is 0 Å². The summed E-state index contributed by atoms with van der Waals surface area (Å²) in [5.74, 6) is 2.89. The maximum atomic E-state index is 14.1. The predicted molar refractivity (Wildman–Crippen MR) is 117 cm³/mol. The van der Waals surface area contributed by atoms with Gasteiger partial charge in [-0.2, -0.15) is 0 Å². The van der Waals surface area contributed by atoms with Gasteiger partial charge in [-0.1, -0.05) is 43.7 Å². The van der Waals surface area contributed by atoms with Crippen molar-refractivity contribution < 1.29 is 4.79 Å². The molecule has 6 bridgehead atoms. The van der Waals surface area contributed by atoms with Gasteiger partial charge < -0.3 is 4.90 Å². The number of carbonyl (C=O) groups is 1. The van der Waals surface area contributed by atoms with Crippen molar-refractivity contribution >= 4 is 5.78 Å². The summed E-state index contributed by atoms with van der Waals surface area (Å²) in [6.07, 6.45) is 12.4. The molecule has 7 aliphatic rings. The van der Waals surface area contributed by atoms with Crippen LogP contribution >= 0.6 is 0 Å². The van der Waals surface area contributed by atoms with Crippen LogP contribution in [0.15, 0.2) is 30.3 Å². The van der Waals surface area contributed by atoms with Crippen molar-refractivity contribution in [3.8, 4) is 0 Å². The fourth-order valence-electron chi connectivity index (χ4n) is 9.23. The van der Waals surface area contributed by atoms with Crippen LogP contribution in [-0.4, -0.2) is 30.3 Å². The van der Waals surface area contributed by atoms with Crippen molar-refractivity contribution in [2.75, 3.05) is 19.6 Å². The standard InChI is InChI=1S/C27H37NO/c1-2-25-13-20-14-26(17-25,23-6-4-3-5-7-23)19-27(15-20,18-25)24(29)12-22-16-28-10-8-21(22)9-11-28/h3-7,20-22H,2,8-19H2,1H3/t20?,22-,25+,26+,27?/m0/s1. The highest BCUT2D eigenvalue weighted by Gasteiger charge is 2.65. The third-order valence-corrected chi connectivity index (χ3v) is 10.2. The van der Waals surface area contributed by atoms with Gasteiger partial charge in [0.2, 0.25) is 0 Å². The molecule has 156 valence electrons. The lowest BCUT2D eigenvalue weighted by Gasteiger charge is -2.66. The van der Waals surface area contributed by atoms with E-state index in [4.69, 9.17) is 0 Å². The number of Topliss-reactive ketones (excluding diaryl/α,β-unsaturated/α-hetero) is 1. The van der Waals surface area contributed by atoms with Crippen LogP contribution in [0.3, 0.4) is 0 Å². The number of piperidine rings is 3. The highest BCUT2D eigenvalue weighted by molar-refractivity contribution is 5.86. The zero-order valence-electron chi connectivity index (χ0n) is 18.2. The predicted octanol–water partition coefficient (Wildman–Crippen LogP) is 5.61. The van der Waals surface area contributed by atoms with Crippen molar-refractivity contribution in [2.24, 2.45) is 28.6 Å². The molecule has 4 saturated carbocycles. The Labute approximate surface area is 176 Å². The van der Waals surface area contributed by atoms with Gasteiger partial charge in [0.1, 0.15) is 5.78 Å². The first-order valence-corrected chi connectivity index (χ1v) is 12.4. The van der Waals surface area contributed by atoms with E-state index in [9.17, 15) is 4.79 Å². The maximum absolute atomic E-state index is 14.1. The molecule has 2 heteroatoms. The van der Waals surface area contributed by atoms with Gasteiger partial charge in [0.05, 0.1) is 0 Å². The van der Waals surface area contributed by atoms with Gasteiger partial charge in [0.25, 0.3) is 0 Å². The minimum atomic E-state index is -0.0166. The number of ketones is 1. The number of rotatable bonds is 5. The summed E-state index contributed by atoms with van der Waals surface area (Å²) in [6, 6.07) is 11.3. The van der Waals surface area contributed by atoms with Crippen LogP contribution in [0, 0.1) is 28.6 Å². The van der Waals surface area contributed by atoms with E-state index in [2.05, 4.69) is 42.2 Å². The molecule has 7 fully saturated rings. The van der Waals surface area contributed by atoms with Gasteiger partial charge >= 0.3 is 0 Å². The zero-order chi connectivity index (χ0) is 19.7. The van der Waals surface area contributed by atoms with Crippen LogP contribution in [0.5, 0.6) is 0 Å². The summed E-state index contributed by atoms with van der Waals surface area (Å²) in [5.41, 5.74) is 2.19. The topological polar surface area (TPSA) is 20.3 Å². The van der Waals surface area contributed by atoms with Gasteiger partial charge in [0, 0.05) is 18.4 Å². The molecule has 29 heavy (non-hydrogen) atoms. The molecule has 3 heterocycles. The van der Waals surface area contributed by atoms with Gasteiger partial charge in [-0.15, -0.1) is 0 Å². The third kappa shape index (κ3) is 2.81. The molecular formula is C27H37NO. The molecule has 2 unspecified atom stereocenters. The molecule has 3 saturated heterocycles. The highest BCUT2D eigenvalue weighted by atomic mass is 16.1. The van der Waals surface area contributed by atoms with Gasteiger partial charge in [0.15, 0.2) is 0 Å². The summed E-state index contributed by atoms with van der Waals surface area (Å²) < 4.78 is 0. The molecule has 4 aliphatic carbocycles. The van der Waals surface area contributed by atoms with E-state index in [-0.39, 0.29) is 10.8 Å². The number of carbonyl (C=O) groups excluding carboxylic acids is 1. The molecule has 2 nitrogen and oxygen atoms in total. The molecule has 0 aromatic heterocycles. The van der Waals surface area contributed by atoms with Gasteiger partial charge in [-0.3, -0.25) is 4.79 Å². The minimum Gasteiger partial charge on any atom is -0.303 e. The van der Waals surface area contributed by atoms with E-state index in [0.29, 0.717) is 17.1 Å². The maximum Gasteiger partial charge on any atom is 0.139 e. The van der Waals surface area contributed by atoms with E-state index in [0.717, 1.165) is 24.7 Å². The molecule has 3 aliphatic heterocycles. The Kier molecular flexibility index (Phi) is 4.12. The van der Waals surface area contributed by atoms with Gasteiger partial charge in [-0.05, 0) is 98.6 Å². The lowest BCUT2D eigenvalue weighted by Crippen LogP contribution is -2.61. The first-order chi connectivity index (χ1) is 14.0. The van der Waals surface area contributed by atoms with E-state index in [1.807, 2.05) is 0 Å². The molecule has 1 aromatic rings. The van der Waals surface area contributed by atoms with Crippen molar-refractivity contribution in [3.05, 3.63) is 35.9 Å². The van der Waals surface area contributed by atoms with Crippen LogP contribution in [-0.2, 0) is 10.2 Å². The third-order valence-electron chi connectivity index (χ3n) is 10.2. The molecule has 0 radical (unpaired) electrons. The van der Waals surface area contributed by atoms with Crippen molar-refractivity contribution in [3.63, 3.8) is 0 Å². The zero-order valence-corrected chi connectivity index (χ0v) is 18.2. The summed E-state index contributed by atoms with van der Waals surface area (Å²) >= 11 is 0. The highest BCUT2D eigenvalue weighted by Crippen LogP contribution is 2.71. The number of benzene rings is 1. The van der Waals surface area contributed by atoms with E-state index >= 15 is 0 Å². The summed E-state index contributed by atoms with van der Waals surface area (Å²) in [6.45, 7) is 6.15.